The molecule has 3 rings (SSSR count). The molecule has 0 saturated carbocycles. The van der Waals surface area contributed by atoms with Crippen molar-refractivity contribution >= 4 is 29.9 Å². The first-order chi connectivity index (χ1) is 11.5. The second-order valence-electron chi connectivity index (χ2n) is 5.90. The minimum Gasteiger partial charge on any atom is -0.391 e. The minimum absolute atomic E-state index is 0. The van der Waals surface area contributed by atoms with E-state index >= 15 is 0 Å². The van der Waals surface area contributed by atoms with Crippen molar-refractivity contribution in [3.05, 3.63) is 58.9 Å². The molecule has 1 aliphatic heterocycles. The lowest BCUT2D eigenvalue weighted by Gasteiger charge is -2.14. The van der Waals surface area contributed by atoms with Crippen LogP contribution in [0, 0.1) is 11.7 Å². The van der Waals surface area contributed by atoms with E-state index in [4.69, 9.17) is 11.6 Å². The molecule has 3 N–H and O–H groups in total. The van der Waals surface area contributed by atoms with Crippen molar-refractivity contribution < 1.29 is 14.3 Å². The summed E-state index contributed by atoms with van der Waals surface area (Å²) in [7, 11) is 0. The number of hydrogen-bond acceptors (Lipinski definition) is 3. The number of carbonyl (C=O) groups is 1. The summed E-state index contributed by atoms with van der Waals surface area (Å²) in [5.41, 5.74) is 1.50. The third kappa shape index (κ3) is 4.70. The van der Waals surface area contributed by atoms with Crippen LogP contribution < -0.4 is 10.6 Å². The minimum atomic E-state index is -0.579. The summed E-state index contributed by atoms with van der Waals surface area (Å²) in [6, 6.07) is 11.6. The predicted octanol–water partition coefficient (Wildman–Crippen LogP) is 2.88. The van der Waals surface area contributed by atoms with Crippen molar-refractivity contribution in [2.75, 3.05) is 19.6 Å². The van der Waals surface area contributed by atoms with Gasteiger partial charge in [-0.2, -0.15) is 0 Å². The fraction of sp³-hybridized carbons (Fsp3) is 0.278. The van der Waals surface area contributed by atoms with Crippen molar-refractivity contribution in [2.24, 2.45) is 5.92 Å². The molecule has 0 bridgehead atoms. The number of rotatable bonds is 4. The van der Waals surface area contributed by atoms with Crippen molar-refractivity contribution in [3.8, 4) is 11.1 Å². The average molecular weight is 385 g/mol. The quantitative estimate of drug-likeness (QED) is 0.759. The molecule has 2 aromatic carbocycles. The van der Waals surface area contributed by atoms with Gasteiger partial charge in [0.15, 0.2) is 0 Å². The Hall–Kier alpha value is -1.66. The van der Waals surface area contributed by atoms with Crippen LogP contribution in [0.2, 0.25) is 5.02 Å². The first-order valence-corrected chi connectivity index (χ1v) is 8.15. The highest BCUT2D eigenvalue weighted by Crippen LogP contribution is 2.23. The highest BCUT2D eigenvalue weighted by Gasteiger charge is 2.25. The summed E-state index contributed by atoms with van der Waals surface area (Å²) in [5, 5.41) is 16.0. The van der Waals surface area contributed by atoms with E-state index in [2.05, 4.69) is 10.6 Å². The van der Waals surface area contributed by atoms with Crippen LogP contribution in [0.25, 0.3) is 11.1 Å². The summed E-state index contributed by atoms with van der Waals surface area (Å²) in [5.74, 6) is -1.11. The van der Waals surface area contributed by atoms with Crippen LogP contribution in [-0.4, -0.2) is 36.8 Å². The average Bonchev–Trinajstić information content (AvgIpc) is 2.98. The fourth-order valence-corrected chi connectivity index (χ4v) is 2.89. The second-order valence-corrected chi connectivity index (χ2v) is 6.33. The highest BCUT2D eigenvalue weighted by atomic mass is 35.5. The molecule has 4 nitrogen and oxygen atoms in total. The van der Waals surface area contributed by atoms with Crippen molar-refractivity contribution in [2.45, 2.75) is 6.10 Å². The van der Waals surface area contributed by atoms with Crippen LogP contribution in [0.5, 0.6) is 0 Å². The predicted molar refractivity (Wildman–Crippen MR) is 98.8 cm³/mol. The molecule has 25 heavy (non-hydrogen) atoms. The van der Waals surface area contributed by atoms with Gasteiger partial charge in [0.25, 0.3) is 5.91 Å². The molecule has 0 aliphatic carbocycles. The van der Waals surface area contributed by atoms with Gasteiger partial charge in [0.05, 0.1) is 11.7 Å². The van der Waals surface area contributed by atoms with Crippen LogP contribution >= 0.6 is 24.0 Å². The van der Waals surface area contributed by atoms with E-state index in [1.165, 1.54) is 12.1 Å². The molecule has 134 valence electrons. The lowest BCUT2D eigenvalue weighted by molar-refractivity contribution is 0.0923. The van der Waals surface area contributed by atoms with E-state index in [1.54, 1.807) is 30.3 Å². The van der Waals surface area contributed by atoms with Crippen LogP contribution in [0.15, 0.2) is 42.5 Å². The monoisotopic (exact) mass is 384 g/mol. The Morgan fingerprint density at radius 1 is 1.20 bits per heavy atom. The number of aliphatic hydroxyl groups is 1. The maximum Gasteiger partial charge on any atom is 0.254 e. The molecule has 0 aromatic heterocycles. The Balaban J connectivity index is 0.00000225. The van der Waals surface area contributed by atoms with Gasteiger partial charge in [-0.15, -0.1) is 12.4 Å². The van der Waals surface area contributed by atoms with Gasteiger partial charge in [-0.1, -0.05) is 29.8 Å². The molecule has 1 fully saturated rings. The standard InChI is InChI=1S/C18H18ClFN2O2.ClH/c19-14-4-1-11(2-5-14)12-3-6-15(16(20)7-12)18(24)22-9-13-8-21-10-17(13)23;/h1-7,13,17,21,23H,8-10H2,(H,22,24);1H. The zero-order valence-corrected chi connectivity index (χ0v) is 14.9. The molecular weight excluding hydrogens is 366 g/mol. The number of benzene rings is 2. The van der Waals surface area contributed by atoms with E-state index in [0.29, 0.717) is 30.2 Å². The molecular formula is C18H19Cl2FN2O2. The number of nitrogens with one attached hydrogen (secondary N) is 2. The highest BCUT2D eigenvalue weighted by molar-refractivity contribution is 6.30. The lowest BCUT2D eigenvalue weighted by atomic mass is 10.0. The van der Waals surface area contributed by atoms with Crippen LogP contribution in [0.3, 0.4) is 0 Å². The number of carbonyl (C=O) groups excluding carboxylic acids is 1. The normalized spacial score (nSPS) is 19.3. The van der Waals surface area contributed by atoms with E-state index in [-0.39, 0.29) is 23.9 Å². The van der Waals surface area contributed by atoms with Gasteiger partial charge in [0.2, 0.25) is 0 Å². The molecule has 2 aromatic rings. The number of aliphatic hydroxyl groups excluding tert-OH is 1. The third-order valence-electron chi connectivity index (χ3n) is 4.22. The van der Waals surface area contributed by atoms with E-state index < -0.39 is 17.8 Å². The number of β-amino-alcohol motifs (C(OH)–C–C–N with tert-alkyl or cyclic N) is 1. The van der Waals surface area contributed by atoms with E-state index in [1.807, 2.05) is 0 Å². The second kappa shape index (κ2) is 8.63. The summed E-state index contributed by atoms with van der Waals surface area (Å²) >= 11 is 5.85. The van der Waals surface area contributed by atoms with Gasteiger partial charge in [-0.05, 0) is 35.4 Å². The maximum absolute atomic E-state index is 14.3. The smallest absolute Gasteiger partial charge is 0.254 e. The van der Waals surface area contributed by atoms with E-state index in [0.717, 1.165) is 5.56 Å². The van der Waals surface area contributed by atoms with Crippen LogP contribution in [0.1, 0.15) is 10.4 Å². The Labute approximate surface area is 156 Å². The fourth-order valence-electron chi connectivity index (χ4n) is 2.77. The van der Waals surface area contributed by atoms with Crippen molar-refractivity contribution in [1.82, 2.24) is 10.6 Å². The Bertz CT molecular complexity index is 740. The summed E-state index contributed by atoms with van der Waals surface area (Å²) in [6.07, 6.45) is -0.484. The number of amides is 1. The first-order valence-electron chi connectivity index (χ1n) is 7.77. The SMILES string of the molecule is Cl.O=C(NCC1CNCC1O)c1ccc(-c2ccc(Cl)cc2)cc1F. The molecule has 0 radical (unpaired) electrons. The van der Waals surface area contributed by atoms with Crippen molar-refractivity contribution in [1.29, 1.82) is 0 Å². The summed E-state index contributed by atoms with van der Waals surface area (Å²) in [4.78, 5) is 12.2. The molecule has 1 amide bonds. The van der Waals surface area contributed by atoms with Gasteiger partial charge in [0, 0.05) is 30.6 Å². The van der Waals surface area contributed by atoms with Gasteiger partial charge >= 0.3 is 0 Å². The topological polar surface area (TPSA) is 61.4 Å². The lowest BCUT2D eigenvalue weighted by Crippen LogP contribution is -2.34. The van der Waals surface area contributed by atoms with Crippen LogP contribution in [-0.2, 0) is 0 Å². The third-order valence-corrected chi connectivity index (χ3v) is 4.47. The van der Waals surface area contributed by atoms with Crippen LogP contribution in [0.4, 0.5) is 4.39 Å². The summed E-state index contributed by atoms with van der Waals surface area (Å²) < 4.78 is 14.3. The number of halogens is 3. The molecule has 2 atom stereocenters. The molecule has 7 heteroatoms. The molecule has 1 aliphatic rings. The molecule has 1 heterocycles. The Morgan fingerprint density at radius 2 is 1.88 bits per heavy atom. The zero-order valence-electron chi connectivity index (χ0n) is 13.3. The van der Waals surface area contributed by atoms with Gasteiger partial charge in [-0.3, -0.25) is 4.79 Å². The van der Waals surface area contributed by atoms with Gasteiger partial charge < -0.3 is 15.7 Å². The summed E-state index contributed by atoms with van der Waals surface area (Å²) in [6.45, 7) is 1.47. The van der Waals surface area contributed by atoms with E-state index in [9.17, 15) is 14.3 Å². The molecule has 2 unspecified atom stereocenters. The Morgan fingerprint density at radius 3 is 2.48 bits per heavy atom. The molecule has 1 saturated heterocycles. The molecule has 0 spiro atoms. The zero-order chi connectivity index (χ0) is 17.1. The van der Waals surface area contributed by atoms with Gasteiger partial charge in [-0.25, -0.2) is 4.39 Å². The first kappa shape index (κ1) is 19.7. The van der Waals surface area contributed by atoms with Crippen molar-refractivity contribution in [3.63, 3.8) is 0 Å². The largest absolute Gasteiger partial charge is 0.391 e. The number of hydrogen-bond donors (Lipinski definition) is 3. The Kier molecular flexibility index (Phi) is 6.79. The van der Waals surface area contributed by atoms with Gasteiger partial charge in [0.1, 0.15) is 5.82 Å². The maximum atomic E-state index is 14.3.